The van der Waals surface area contributed by atoms with Crippen LogP contribution in [-0.2, 0) is 14.0 Å². The highest BCUT2D eigenvalue weighted by atomic mass is 28.4. The lowest BCUT2D eigenvalue weighted by atomic mass is 10.0. The van der Waals surface area contributed by atoms with Crippen molar-refractivity contribution in [1.29, 1.82) is 0 Å². The molecule has 0 aromatic heterocycles. The summed E-state index contributed by atoms with van der Waals surface area (Å²) in [5.41, 5.74) is 2.60. The summed E-state index contributed by atoms with van der Waals surface area (Å²) in [5, 5.41) is 2.87. The molecular weight excluding hydrogens is 394 g/mol. The Balaban J connectivity index is 2.02. The van der Waals surface area contributed by atoms with Crippen molar-refractivity contribution >= 4 is 20.2 Å². The van der Waals surface area contributed by atoms with E-state index in [2.05, 4.69) is 39.2 Å². The lowest BCUT2D eigenvalue weighted by Gasteiger charge is -2.36. The van der Waals surface area contributed by atoms with E-state index >= 15 is 0 Å². The van der Waals surface area contributed by atoms with Gasteiger partial charge in [-0.1, -0.05) is 63.2 Å². The van der Waals surface area contributed by atoms with Crippen LogP contribution in [-0.4, -0.2) is 40.0 Å². The Morgan fingerprint density at radius 1 is 0.967 bits per heavy atom. The van der Waals surface area contributed by atoms with Crippen LogP contribution in [0.2, 0.25) is 18.1 Å². The molecule has 0 spiro atoms. The molecule has 0 fully saturated rings. The summed E-state index contributed by atoms with van der Waals surface area (Å²) >= 11 is 0. The van der Waals surface area contributed by atoms with E-state index in [1.807, 2.05) is 42.5 Å². The normalized spacial score (nSPS) is 12.9. The van der Waals surface area contributed by atoms with Gasteiger partial charge in [-0.3, -0.25) is 4.79 Å². The van der Waals surface area contributed by atoms with Crippen LogP contribution in [0.4, 0.5) is 0 Å². The van der Waals surface area contributed by atoms with Crippen LogP contribution in [0.1, 0.15) is 37.6 Å². The van der Waals surface area contributed by atoms with Crippen molar-refractivity contribution < 1.29 is 18.8 Å². The van der Waals surface area contributed by atoms with E-state index in [0.29, 0.717) is 18.6 Å². The summed E-state index contributed by atoms with van der Waals surface area (Å²) < 4.78 is 11.0. The number of nitrogens with one attached hydrogen (secondary N) is 1. The zero-order chi connectivity index (χ0) is 22.4. The van der Waals surface area contributed by atoms with Crippen LogP contribution in [0.25, 0.3) is 11.1 Å². The van der Waals surface area contributed by atoms with Crippen molar-refractivity contribution in [3.8, 4) is 11.1 Å². The zero-order valence-corrected chi connectivity index (χ0v) is 19.8. The molecule has 162 valence electrons. The summed E-state index contributed by atoms with van der Waals surface area (Å²) in [7, 11) is -0.600. The second-order valence-corrected chi connectivity index (χ2v) is 13.7. The van der Waals surface area contributed by atoms with Crippen LogP contribution in [0, 0.1) is 0 Å². The molecule has 6 heteroatoms. The van der Waals surface area contributed by atoms with Crippen molar-refractivity contribution in [2.45, 2.75) is 51.4 Å². The number of ether oxygens (including phenoxy) is 1. The second kappa shape index (κ2) is 10.0. The molecule has 1 amide bonds. The van der Waals surface area contributed by atoms with E-state index in [1.165, 1.54) is 7.11 Å². The average Bonchev–Trinajstić information content (AvgIpc) is 2.72. The Bertz CT molecular complexity index is 842. The number of rotatable bonds is 8. The Labute approximate surface area is 180 Å². The van der Waals surface area contributed by atoms with Gasteiger partial charge >= 0.3 is 5.97 Å². The van der Waals surface area contributed by atoms with E-state index in [0.717, 1.165) is 11.1 Å². The minimum absolute atomic E-state index is 0.0809. The molecular formula is C24H33NO4Si. The van der Waals surface area contributed by atoms with Gasteiger partial charge in [0, 0.05) is 18.6 Å². The summed E-state index contributed by atoms with van der Waals surface area (Å²) in [4.78, 5) is 24.9. The molecule has 2 aromatic carbocycles. The molecule has 2 rings (SSSR count). The molecule has 0 aliphatic rings. The first-order valence-electron chi connectivity index (χ1n) is 10.2. The quantitative estimate of drug-likeness (QED) is 0.474. The van der Waals surface area contributed by atoms with E-state index in [4.69, 9.17) is 9.16 Å². The summed E-state index contributed by atoms with van der Waals surface area (Å²) in [6, 6.07) is 16.5. The van der Waals surface area contributed by atoms with Gasteiger partial charge in [-0.25, -0.2) is 4.79 Å². The first-order valence-corrected chi connectivity index (χ1v) is 13.1. The molecule has 0 radical (unpaired) electrons. The second-order valence-electron chi connectivity index (χ2n) is 8.89. The maximum absolute atomic E-state index is 12.7. The van der Waals surface area contributed by atoms with Crippen LogP contribution in [0.3, 0.4) is 0 Å². The highest BCUT2D eigenvalue weighted by Crippen LogP contribution is 2.36. The van der Waals surface area contributed by atoms with Crippen LogP contribution >= 0.6 is 0 Å². The first-order chi connectivity index (χ1) is 14.0. The maximum Gasteiger partial charge on any atom is 0.328 e. The zero-order valence-electron chi connectivity index (χ0n) is 18.8. The van der Waals surface area contributed by atoms with Gasteiger partial charge in [0.25, 0.3) is 5.91 Å². The Kier molecular flexibility index (Phi) is 7.98. The average molecular weight is 428 g/mol. The van der Waals surface area contributed by atoms with Crippen molar-refractivity contribution in [1.82, 2.24) is 5.32 Å². The molecule has 1 N–H and O–H groups in total. The molecule has 1 atom stereocenters. The van der Waals surface area contributed by atoms with E-state index in [1.54, 1.807) is 12.1 Å². The molecule has 0 saturated heterocycles. The number of methoxy groups -OCH3 is 1. The number of hydrogen-bond donors (Lipinski definition) is 1. The van der Waals surface area contributed by atoms with E-state index in [-0.39, 0.29) is 10.9 Å². The predicted octanol–water partition coefficient (Wildman–Crippen LogP) is 5.04. The Morgan fingerprint density at radius 3 is 2.07 bits per heavy atom. The fraction of sp³-hybridized carbons (Fsp3) is 0.417. The third-order valence-corrected chi connectivity index (χ3v) is 10.3. The third-order valence-electron chi connectivity index (χ3n) is 5.72. The maximum atomic E-state index is 12.7. The highest BCUT2D eigenvalue weighted by molar-refractivity contribution is 6.74. The highest BCUT2D eigenvalue weighted by Gasteiger charge is 2.37. The van der Waals surface area contributed by atoms with Crippen LogP contribution in [0.5, 0.6) is 0 Å². The van der Waals surface area contributed by atoms with Gasteiger partial charge in [0.2, 0.25) is 0 Å². The van der Waals surface area contributed by atoms with Gasteiger partial charge < -0.3 is 14.5 Å². The van der Waals surface area contributed by atoms with Gasteiger partial charge in [-0.05, 0) is 41.4 Å². The lowest BCUT2D eigenvalue weighted by Crippen LogP contribution is -2.45. The fourth-order valence-electron chi connectivity index (χ4n) is 2.73. The molecule has 0 aliphatic heterocycles. The molecule has 0 heterocycles. The van der Waals surface area contributed by atoms with Crippen LogP contribution in [0.15, 0.2) is 54.6 Å². The topological polar surface area (TPSA) is 64.6 Å². The monoisotopic (exact) mass is 427 g/mol. The van der Waals surface area contributed by atoms with Gasteiger partial charge in [0.15, 0.2) is 8.32 Å². The first kappa shape index (κ1) is 23.8. The molecule has 30 heavy (non-hydrogen) atoms. The van der Waals surface area contributed by atoms with E-state index in [9.17, 15) is 9.59 Å². The summed E-state index contributed by atoms with van der Waals surface area (Å²) in [6.45, 7) is 11.2. The lowest BCUT2D eigenvalue weighted by molar-refractivity contribution is -0.143. The summed E-state index contributed by atoms with van der Waals surface area (Å²) in [6.07, 6.45) is 0.368. The standard InChI is InChI=1S/C24H33NO4Si/c1-24(2,3)30(5,6)29-17-16-21(23(27)28-4)25-22(26)20-14-12-19(13-15-20)18-10-8-7-9-11-18/h7-15,21H,16-17H2,1-6H3,(H,25,26)/t21-/m1/s1. The molecule has 5 nitrogen and oxygen atoms in total. The van der Waals surface area contributed by atoms with Crippen LogP contribution < -0.4 is 5.32 Å². The van der Waals surface area contributed by atoms with E-state index < -0.39 is 20.3 Å². The van der Waals surface area contributed by atoms with Gasteiger partial charge in [-0.15, -0.1) is 0 Å². The minimum Gasteiger partial charge on any atom is -0.467 e. The van der Waals surface area contributed by atoms with Crippen molar-refractivity contribution in [2.75, 3.05) is 13.7 Å². The molecule has 0 unspecified atom stereocenters. The molecule has 0 aliphatic carbocycles. The van der Waals surface area contributed by atoms with Crippen molar-refractivity contribution in [2.24, 2.45) is 0 Å². The number of carbonyl (C=O) groups is 2. The molecule has 0 saturated carbocycles. The number of amides is 1. The van der Waals surface area contributed by atoms with Crippen molar-refractivity contribution in [3.05, 3.63) is 60.2 Å². The molecule has 2 aromatic rings. The third kappa shape index (κ3) is 6.28. The number of esters is 1. The predicted molar refractivity (Wildman–Crippen MR) is 123 cm³/mol. The fourth-order valence-corrected chi connectivity index (χ4v) is 3.79. The Morgan fingerprint density at radius 2 is 1.53 bits per heavy atom. The smallest absolute Gasteiger partial charge is 0.328 e. The number of carbonyl (C=O) groups excluding carboxylic acids is 2. The largest absolute Gasteiger partial charge is 0.467 e. The summed E-state index contributed by atoms with van der Waals surface area (Å²) in [5.74, 6) is -0.777. The van der Waals surface area contributed by atoms with Gasteiger partial charge in [-0.2, -0.15) is 0 Å². The number of benzene rings is 2. The molecule has 0 bridgehead atoms. The SMILES string of the molecule is COC(=O)[C@@H](CCO[Si](C)(C)C(C)(C)C)NC(=O)c1ccc(-c2ccccc2)cc1. The van der Waals surface area contributed by atoms with Crippen molar-refractivity contribution in [3.63, 3.8) is 0 Å². The number of hydrogen-bond acceptors (Lipinski definition) is 4. The van der Waals surface area contributed by atoms with Gasteiger partial charge in [0.05, 0.1) is 7.11 Å². The Hall–Kier alpha value is -2.44. The van der Waals surface area contributed by atoms with Gasteiger partial charge in [0.1, 0.15) is 6.04 Å². The minimum atomic E-state index is -1.92.